The average Bonchev–Trinajstić information content (AvgIpc) is 2.78. The van der Waals surface area contributed by atoms with E-state index in [4.69, 9.17) is 0 Å². The molecule has 4 nitrogen and oxygen atoms in total. The number of nitrogens with zero attached hydrogens (tertiary/aromatic N) is 3. The molecule has 0 saturated carbocycles. The Bertz CT molecular complexity index is 481. The van der Waals surface area contributed by atoms with E-state index in [-0.39, 0.29) is 0 Å². The fourth-order valence-electron chi connectivity index (χ4n) is 1.60. The van der Waals surface area contributed by atoms with Gasteiger partial charge in [0.2, 0.25) is 0 Å². The fraction of sp³-hybridized carbons (Fsp3) is 0.333. The van der Waals surface area contributed by atoms with Crippen molar-refractivity contribution in [2.75, 3.05) is 6.54 Å². The van der Waals surface area contributed by atoms with E-state index in [0.29, 0.717) is 0 Å². The van der Waals surface area contributed by atoms with Crippen LogP contribution in [0.5, 0.6) is 0 Å². The van der Waals surface area contributed by atoms with Crippen LogP contribution in [-0.4, -0.2) is 21.5 Å². The van der Waals surface area contributed by atoms with E-state index in [9.17, 15) is 0 Å². The van der Waals surface area contributed by atoms with Crippen molar-refractivity contribution in [2.45, 2.75) is 19.9 Å². The molecule has 0 radical (unpaired) electrons. The Hall–Kier alpha value is -1.20. The zero-order chi connectivity index (χ0) is 12.1. The van der Waals surface area contributed by atoms with Gasteiger partial charge in [0.1, 0.15) is 0 Å². The first kappa shape index (κ1) is 12.3. The molecule has 0 spiro atoms. The number of rotatable bonds is 5. The van der Waals surface area contributed by atoms with E-state index < -0.39 is 0 Å². The van der Waals surface area contributed by atoms with Crippen molar-refractivity contribution in [3.8, 4) is 5.69 Å². The number of halogens is 1. The molecule has 0 bridgehead atoms. The van der Waals surface area contributed by atoms with Crippen molar-refractivity contribution < 1.29 is 0 Å². The maximum atomic E-state index is 4.11. The van der Waals surface area contributed by atoms with E-state index in [2.05, 4.69) is 38.5 Å². The van der Waals surface area contributed by atoms with Crippen molar-refractivity contribution in [3.05, 3.63) is 40.6 Å². The third-order valence-electron chi connectivity index (χ3n) is 2.41. The molecule has 1 aromatic heterocycles. The second-order valence-electron chi connectivity index (χ2n) is 3.79. The van der Waals surface area contributed by atoms with Gasteiger partial charge in [-0.25, -0.2) is 4.68 Å². The first-order chi connectivity index (χ1) is 8.31. The molecule has 0 aliphatic rings. The summed E-state index contributed by atoms with van der Waals surface area (Å²) >= 11 is 3.46. The van der Waals surface area contributed by atoms with Gasteiger partial charge in [-0.15, -0.1) is 5.10 Å². The highest BCUT2D eigenvalue weighted by Gasteiger charge is 2.05. The number of nitrogens with one attached hydrogen (secondary N) is 1. The van der Waals surface area contributed by atoms with Crippen molar-refractivity contribution in [2.24, 2.45) is 0 Å². The van der Waals surface area contributed by atoms with Crippen molar-refractivity contribution in [1.82, 2.24) is 20.3 Å². The van der Waals surface area contributed by atoms with Gasteiger partial charge in [-0.05, 0) is 31.2 Å². The van der Waals surface area contributed by atoms with Crippen LogP contribution < -0.4 is 5.32 Å². The van der Waals surface area contributed by atoms with Gasteiger partial charge in [0.15, 0.2) is 0 Å². The largest absolute Gasteiger partial charge is 0.311 e. The Morgan fingerprint density at radius 2 is 2.29 bits per heavy atom. The molecular weight excluding hydrogens is 280 g/mol. The van der Waals surface area contributed by atoms with Gasteiger partial charge in [0, 0.05) is 11.0 Å². The smallest absolute Gasteiger partial charge is 0.0783 e. The van der Waals surface area contributed by atoms with E-state index in [0.717, 1.165) is 35.4 Å². The summed E-state index contributed by atoms with van der Waals surface area (Å²) in [5.74, 6) is 0. The van der Waals surface area contributed by atoms with E-state index >= 15 is 0 Å². The number of hydrogen-bond acceptors (Lipinski definition) is 3. The number of hydrogen-bond donors (Lipinski definition) is 1. The number of benzene rings is 1. The molecule has 1 N–H and O–H groups in total. The molecule has 2 rings (SSSR count). The zero-order valence-corrected chi connectivity index (χ0v) is 11.3. The van der Waals surface area contributed by atoms with Crippen LogP contribution in [0.1, 0.15) is 19.0 Å². The lowest BCUT2D eigenvalue weighted by atomic mass is 10.3. The predicted octanol–water partition coefficient (Wildman–Crippen LogP) is 2.53. The van der Waals surface area contributed by atoms with Crippen molar-refractivity contribution >= 4 is 15.9 Å². The minimum absolute atomic E-state index is 0.785. The quantitative estimate of drug-likeness (QED) is 0.862. The summed E-state index contributed by atoms with van der Waals surface area (Å²) in [6.07, 6.45) is 2.92. The SMILES string of the molecule is CCCNCc1cnnn1-c1cccc(Br)c1. The van der Waals surface area contributed by atoms with Gasteiger partial charge in [0.05, 0.1) is 17.6 Å². The van der Waals surface area contributed by atoms with Gasteiger partial charge in [-0.3, -0.25) is 0 Å². The van der Waals surface area contributed by atoms with E-state index in [1.165, 1.54) is 0 Å². The third kappa shape index (κ3) is 3.14. The van der Waals surface area contributed by atoms with Crippen LogP contribution in [0.15, 0.2) is 34.9 Å². The van der Waals surface area contributed by atoms with Crippen LogP contribution in [-0.2, 0) is 6.54 Å². The monoisotopic (exact) mass is 294 g/mol. The second kappa shape index (κ2) is 5.93. The molecule has 0 fully saturated rings. The lowest BCUT2D eigenvalue weighted by Gasteiger charge is -2.07. The lowest BCUT2D eigenvalue weighted by molar-refractivity contribution is 0.641. The standard InChI is InChI=1S/C12H15BrN4/c1-2-6-14-8-12-9-15-16-17(12)11-5-3-4-10(13)7-11/h3-5,7,9,14H,2,6,8H2,1H3. The Balaban J connectivity index is 2.18. The van der Waals surface area contributed by atoms with Crippen molar-refractivity contribution in [1.29, 1.82) is 0 Å². The maximum Gasteiger partial charge on any atom is 0.0783 e. The van der Waals surface area contributed by atoms with Gasteiger partial charge in [0.25, 0.3) is 0 Å². The first-order valence-electron chi connectivity index (χ1n) is 5.67. The van der Waals surface area contributed by atoms with E-state index in [1.54, 1.807) is 6.20 Å². The Morgan fingerprint density at radius 3 is 3.06 bits per heavy atom. The molecule has 17 heavy (non-hydrogen) atoms. The molecule has 1 heterocycles. The normalized spacial score (nSPS) is 10.7. The summed E-state index contributed by atoms with van der Waals surface area (Å²) < 4.78 is 2.89. The van der Waals surface area contributed by atoms with Crippen LogP contribution in [0.2, 0.25) is 0 Å². The minimum Gasteiger partial charge on any atom is -0.311 e. The summed E-state index contributed by atoms with van der Waals surface area (Å²) in [5.41, 5.74) is 2.08. The summed E-state index contributed by atoms with van der Waals surface area (Å²) in [6, 6.07) is 8.03. The third-order valence-corrected chi connectivity index (χ3v) is 2.90. The topological polar surface area (TPSA) is 42.7 Å². The second-order valence-corrected chi connectivity index (χ2v) is 4.71. The van der Waals surface area contributed by atoms with Crippen LogP contribution in [0.3, 0.4) is 0 Å². The van der Waals surface area contributed by atoms with Gasteiger partial charge in [-0.1, -0.05) is 34.1 Å². The molecule has 0 aliphatic heterocycles. The highest BCUT2D eigenvalue weighted by atomic mass is 79.9. The molecule has 0 aliphatic carbocycles. The molecule has 2 aromatic rings. The summed E-state index contributed by atoms with van der Waals surface area (Å²) in [4.78, 5) is 0. The van der Waals surface area contributed by atoms with Gasteiger partial charge < -0.3 is 5.32 Å². The Kier molecular flexibility index (Phi) is 4.28. The highest BCUT2D eigenvalue weighted by molar-refractivity contribution is 9.10. The van der Waals surface area contributed by atoms with Gasteiger partial charge >= 0.3 is 0 Å². The van der Waals surface area contributed by atoms with Gasteiger partial charge in [-0.2, -0.15) is 0 Å². The zero-order valence-electron chi connectivity index (χ0n) is 9.73. The van der Waals surface area contributed by atoms with Crippen LogP contribution in [0.4, 0.5) is 0 Å². The maximum absolute atomic E-state index is 4.11. The summed E-state index contributed by atoms with van der Waals surface area (Å²) in [6.45, 7) is 3.94. The fourth-order valence-corrected chi connectivity index (χ4v) is 1.98. The Morgan fingerprint density at radius 1 is 1.41 bits per heavy atom. The number of aromatic nitrogens is 3. The molecule has 1 aromatic carbocycles. The molecule has 0 saturated heterocycles. The molecule has 0 unspecified atom stereocenters. The molecular formula is C12H15BrN4. The highest BCUT2D eigenvalue weighted by Crippen LogP contribution is 2.15. The molecule has 90 valence electrons. The Labute approximate surface area is 109 Å². The summed E-state index contributed by atoms with van der Waals surface area (Å²) in [5, 5.41) is 11.4. The average molecular weight is 295 g/mol. The van der Waals surface area contributed by atoms with Crippen LogP contribution >= 0.6 is 15.9 Å². The van der Waals surface area contributed by atoms with E-state index in [1.807, 2.05) is 28.9 Å². The molecule has 0 atom stereocenters. The molecule has 5 heteroatoms. The minimum atomic E-state index is 0.785. The van der Waals surface area contributed by atoms with Crippen LogP contribution in [0, 0.1) is 0 Å². The lowest BCUT2D eigenvalue weighted by Crippen LogP contribution is -2.16. The van der Waals surface area contributed by atoms with Crippen LogP contribution in [0.25, 0.3) is 5.69 Å². The first-order valence-corrected chi connectivity index (χ1v) is 6.47. The molecule has 0 amide bonds. The predicted molar refractivity (Wildman–Crippen MR) is 71.1 cm³/mol. The van der Waals surface area contributed by atoms with Crippen molar-refractivity contribution in [3.63, 3.8) is 0 Å². The summed E-state index contributed by atoms with van der Waals surface area (Å²) in [7, 11) is 0.